The van der Waals surface area contributed by atoms with E-state index in [1.54, 1.807) is 0 Å². The molecule has 0 aromatic carbocycles. The fraction of sp³-hybridized carbons (Fsp3) is 0.933. The summed E-state index contributed by atoms with van der Waals surface area (Å²) >= 11 is 0. The van der Waals surface area contributed by atoms with Crippen LogP contribution in [-0.4, -0.2) is 24.0 Å². The van der Waals surface area contributed by atoms with Crippen LogP contribution in [0.1, 0.15) is 65.2 Å². The molecule has 3 unspecified atom stereocenters. The molecule has 1 aliphatic heterocycles. The lowest BCUT2D eigenvalue weighted by molar-refractivity contribution is -0.128. The van der Waals surface area contributed by atoms with Crippen molar-refractivity contribution in [2.24, 2.45) is 5.92 Å². The van der Waals surface area contributed by atoms with Gasteiger partial charge in [-0.25, -0.2) is 0 Å². The van der Waals surface area contributed by atoms with Crippen molar-refractivity contribution in [3.05, 3.63) is 0 Å². The molecule has 1 heterocycles. The maximum atomic E-state index is 12.5. The summed E-state index contributed by atoms with van der Waals surface area (Å²) in [4.78, 5) is 12.5. The van der Waals surface area contributed by atoms with Gasteiger partial charge in [0.1, 0.15) is 0 Å². The van der Waals surface area contributed by atoms with Crippen molar-refractivity contribution in [2.75, 3.05) is 6.54 Å². The van der Waals surface area contributed by atoms with Crippen LogP contribution in [0.4, 0.5) is 0 Å². The lowest BCUT2D eigenvalue weighted by Gasteiger charge is -2.33. The minimum atomic E-state index is -0.265. The fourth-order valence-corrected chi connectivity index (χ4v) is 3.58. The summed E-state index contributed by atoms with van der Waals surface area (Å²) < 4.78 is 0. The number of hydrogen-bond acceptors (Lipinski definition) is 2. The summed E-state index contributed by atoms with van der Waals surface area (Å²) in [6, 6.07) is 0.419. The molecule has 0 spiro atoms. The number of rotatable bonds is 4. The largest absolute Gasteiger partial charge is 0.352 e. The molecule has 1 saturated heterocycles. The molecule has 0 bridgehead atoms. The average Bonchev–Trinajstić information content (AvgIpc) is 2.89. The first-order valence-electron chi connectivity index (χ1n) is 7.76. The highest BCUT2D eigenvalue weighted by Crippen LogP contribution is 2.28. The van der Waals surface area contributed by atoms with Crippen LogP contribution in [0.15, 0.2) is 0 Å². The van der Waals surface area contributed by atoms with Crippen molar-refractivity contribution in [1.82, 2.24) is 10.6 Å². The highest BCUT2D eigenvalue weighted by atomic mass is 16.2. The molecule has 104 valence electrons. The van der Waals surface area contributed by atoms with Crippen molar-refractivity contribution in [3.63, 3.8) is 0 Å². The van der Waals surface area contributed by atoms with E-state index in [1.165, 1.54) is 32.1 Å². The molecule has 18 heavy (non-hydrogen) atoms. The second-order valence-corrected chi connectivity index (χ2v) is 6.08. The van der Waals surface area contributed by atoms with E-state index in [1.807, 2.05) is 0 Å². The van der Waals surface area contributed by atoms with Gasteiger partial charge in [-0.3, -0.25) is 4.79 Å². The minimum absolute atomic E-state index is 0.254. The molecule has 3 nitrogen and oxygen atoms in total. The van der Waals surface area contributed by atoms with Crippen LogP contribution >= 0.6 is 0 Å². The van der Waals surface area contributed by atoms with E-state index >= 15 is 0 Å². The Morgan fingerprint density at radius 1 is 1.33 bits per heavy atom. The predicted octanol–water partition coefficient (Wildman–Crippen LogP) is 2.60. The van der Waals surface area contributed by atoms with Crippen molar-refractivity contribution in [3.8, 4) is 0 Å². The van der Waals surface area contributed by atoms with Crippen LogP contribution in [0, 0.1) is 5.92 Å². The monoisotopic (exact) mass is 252 g/mol. The van der Waals surface area contributed by atoms with Crippen LogP contribution in [0.25, 0.3) is 0 Å². The number of nitrogens with one attached hydrogen (secondary N) is 2. The third kappa shape index (κ3) is 2.87. The van der Waals surface area contributed by atoms with Crippen LogP contribution in [0.2, 0.25) is 0 Å². The fourth-order valence-electron chi connectivity index (χ4n) is 3.58. The molecular formula is C15H28N2O. The van der Waals surface area contributed by atoms with E-state index in [0.29, 0.717) is 6.04 Å². The molecular weight excluding hydrogens is 224 g/mol. The number of amides is 1. The van der Waals surface area contributed by atoms with Gasteiger partial charge in [0.2, 0.25) is 5.91 Å². The van der Waals surface area contributed by atoms with Crippen molar-refractivity contribution in [1.29, 1.82) is 0 Å². The van der Waals surface area contributed by atoms with E-state index < -0.39 is 0 Å². The minimum Gasteiger partial charge on any atom is -0.352 e. The van der Waals surface area contributed by atoms with Gasteiger partial charge in [0.05, 0.1) is 5.54 Å². The average molecular weight is 252 g/mol. The number of carbonyl (C=O) groups is 1. The number of carbonyl (C=O) groups excluding carboxylic acids is 1. The Hall–Kier alpha value is -0.570. The van der Waals surface area contributed by atoms with E-state index in [4.69, 9.17) is 0 Å². The summed E-state index contributed by atoms with van der Waals surface area (Å²) in [5.41, 5.74) is -0.265. The molecule has 2 rings (SSSR count). The third-order valence-corrected chi connectivity index (χ3v) is 4.98. The summed E-state index contributed by atoms with van der Waals surface area (Å²) in [5, 5.41) is 6.74. The first-order chi connectivity index (χ1) is 8.70. The molecule has 1 saturated carbocycles. The molecule has 0 radical (unpaired) electrons. The van der Waals surface area contributed by atoms with Gasteiger partial charge < -0.3 is 10.6 Å². The molecule has 3 heteroatoms. The Labute approximate surface area is 111 Å². The van der Waals surface area contributed by atoms with Gasteiger partial charge in [-0.15, -0.1) is 0 Å². The van der Waals surface area contributed by atoms with Gasteiger partial charge >= 0.3 is 0 Å². The van der Waals surface area contributed by atoms with E-state index in [9.17, 15) is 4.79 Å². The maximum absolute atomic E-state index is 12.5. The van der Waals surface area contributed by atoms with Gasteiger partial charge in [-0.1, -0.05) is 33.1 Å². The van der Waals surface area contributed by atoms with Gasteiger partial charge in [0.25, 0.3) is 0 Å². The second-order valence-electron chi connectivity index (χ2n) is 6.08. The molecule has 2 fully saturated rings. The summed E-state index contributed by atoms with van der Waals surface area (Å²) in [5.74, 6) is 1.07. The van der Waals surface area contributed by atoms with Gasteiger partial charge in [-0.2, -0.15) is 0 Å². The lowest BCUT2D eigenvalue weighted by Crippen LogP contribution is -2.55. The number of hydrogen-bond donors (Lipinski definition) is 2. The zero-order valence-electron chi connectivity index (χ0n) is 11.9. The highest BCUT2D eigenvalue weighted by Gasteiger charge is 2.40. The first-order valence-corrected chi connectivity index (χ1v) is 7.76. The first kappa shape index (κ1) is 13.9. The van der Waals surface area contributed by atoms with Crippen molar-refractivity contribution in [2.45, 2.75) is 76.8 Å². The quantitative estimate of drug-likeness (QED) is 0.807. The highest BCUT2D eigenvalue weighted by molar-refractivity contribution is 5.86. The standard InChI is InChI=1S/C15H28N2O/c1-3-12-7-5-8-13(11-12)17-14(18)15(4-2)9-6-10-16-15/h12-13,16H,3-11H2,1-2H3,(H,17,18). The van der Waals surface area contributed by atoms with Crippen LogP contribution in [0.5, 0.6) is 0 Å². The Bertz CT molecular complexity index is 284. The molecule has 2 aliphatic rings. The second kappa shape index (κ2) is 6.05. The summed E-state index contributed by atoms with van der Waals surface area (Å²) in [6.45, 7) is 5.37. The molecule has 0 aromatic rings. The van der Waals surface area contributed by atoms with E-state index in [-0.39, 0.29) is 11.4 Å². The van der Waals surface area contributed by atoms with Crippen LogP contribution in [-0.2, 0) is 4.79 Å². The maximum Gasteiger partial charge on any atom is 0.240 e. The topological polar surface area (TPSA) is 41.1 Å². The SMILES string of the molecule is CCC1CCCC(NC(=O)C2(CC)CCCN2)C1. The summed E-state index contributed by atoms with van der Waals surface area (Å²) in [7, 11) is 0. The Kier molecular flexibility index (Phi) is 4.66. The smallest absolute Gasteiger partial charge is 0.240 e. The predicted molar refractivity (Wildman–Crippen MR) is 74.4 cm³/mol. The summed E-state index contributed by atoms with van der Waals surface area (Å²) in [6.07, 6.45) is 9.26. The lowest BCUT2D eigenvalue weighted by atomic mass is 9.83. The Balaban J connectivity index is 1.90. The molecule has 1 amide bonds. The van der Waals surface area contributed by atoms with Crippen molar-refractivity contribution >= 4 is 5.91 Å². The zero-order chi connectivity index (χ0) is 13.0. The van der Waals surface area contributed by atoms with Gasteiger partial charge in [0, 0.05) is 6.04 Å². The van der Waals surface area contributed by atoms with Gasteiger partial charge in [-0.05, 0) is 44.6 Å². The van der Waals surface area contributed by atoms with Crippen LogP contribution in [0.3, 0.4) is 0 Å². The third-order valence-electron chi connectivity index (χ3n) is 4.98. The van der Waals surface area contributed by atoms with Gasteiger partial charge in [0.15, 0.2) is 0 Å². The normalized spacial score (nSPS) is 36.6. The van der Waals surface area contributed by atoms with E-state index in [2.05, 4.69) is 24.5 Å². The molecule has 1 aliphatic carbocycles. The van der Waals surface area contributed by atoms with Crippen molar-refractivity contribution < 1.29 is 4.79 Å². The molecule has 0 aromatic heterocycles. The Morgan fingerprint density at radius 2 is 2.17 bits per heavy atom. The van der Waals surface area contributed by atoms with Crippen LogP contribution < -0.4 is 10.6 Å². The Morgan fingerprint density at radius 3 is 2.78 bits per heavy atom. The molecule has 2 N–H and O–H groups in total. The zero-order valence-corrected chi connectivity index (χ0v) is 11.9. The van der Waals surface area contributed by atoms with E-state index in [0.717, 1.165) is 31.7 Å². The molecule has 3 atom stereocenters.